The highest BCUT2D eigenvalue weighted by Gasteiger charge is 2.38. The molecule has 2 heterocycles. The number of aliphatic hydroxyl groups is 1. The van der Waals surface area contributed by atoms with Gasteiger partial charge in [0.15, 0.2) is 5.75 Å². The molecule has 1 aliphatic carbocycles. The van der Waals surface area contributed by atoms with Crippen molar-refractivity contribution in [3.63, 3.8) is 0 Å². The number of aliphatic hydroxyl groups excluding tert-OH is 1. The maximum absolute atomic E-state index is 13.4. The lowest BCUT2D eigenvalue weighted by Gasteiger charge is -2.41. The number of benzene rings is 2. The predicted molar refractivity (Wildman–Crippen MR) is 155 cm³/mol. The van der Waals surface area contributed by atoms with Gasteiger partial charge in [-0.25, -0.2) is 0 Å². The molecule has 2 saturated heterocycles. The summed E-state index contributed by atoms with van der Waals surface area (Å²) in [5, 5.41) is 10.2. The van der Waals surface area contributed by atoms with Gasteiger partial charge in [-0.3, -0.25) is 29.0 Å². The molecule has 0 aromatic heterocycles. The van der Waals surface area contributed by atoms with Gasteiger partial charge in [0.25, 0.3) is 0 Å². The third kappa shape index (κ3) is 5.88. The molecule has 5 rings (SSSR count). The number of piperazine rings is 2. The molecule has 0 spiro atoms. The number of carbonyl (C=O) groups excluding carboxylic acids is 4. The second kappa shape index (κ2) is 12.1. The smallest absolute Gasteiger partial charge is 0.317 e. The molecule has 0 unspecified atom stereocenters. The van der Waals surface area contributed by atoms with Gasteiger partial charge in [0, 0.05) is 43.7 Å². The van der Waals surface area contributed by atoms with E-state index < -0.39 is 17.8 Å². The molecule has 2 aromatic rings. The van der Waals surface area contributed by atoms with Crippen LogP contribution in [0.5, 0.6) is 5.75 Å². The second-order valence-electron chi connectivity index (χ2n) is 10.5. The van der Waals surface area contributed by atoms with Gasteiger partial charge < -0.3 is 25.4 Å². The fourth-order valence-corrected chi connectivity index (χ4v) is 5.92. The van der Waals surface area contributed by atoms with Crippen molar-refractivity contribution in [1.82, 2.24) is 4.90 Å². The minimum absolute atomic E-state index is 0.0683. The SMILES string of the molecule is CCC(=O)Oc1c(N2CCN(C3CCC(O)CC3)CC2=O)cccc1N1CCN(c2cc(Cl)ccc2N)C(=O)C1=O. The molecule has 11 nitrogen and oxygen atoms in total. The maximum Gasteiger partial charge on any atom is 0.317 e. The molecular formula is C29H34ClN5O6. The van der Waals surface area contributed by atoms with Crippen molar-refractivity contribution >= 4 is 58.0 Å². The Hall–Kier alpha value is -3.67. The highest BCUT2D eigenvalue weighted by atomic mass is 35.5. The third-order valence-electron chi connectivity index (χ3n) is 8.00. The zero-order valence-electron chi connectivity index (χ0n) is 22.9. The summed E-state index contributed by atoms with van der Waals surface area (Å²) in [4.78, 5) is 58.9. The number of halogens is 1. The van der Waals surface area contributed by atoms with Crippen LogP contribution in [0.3, 0.4) is 0 Å². The van der Waals surface area contributed by atoms with E-state index in [9.17, 15) is 24.3 Å². The molecule has 3 aliphatic rings. The number of para-hydroxylation sites is 1. The van der Waals surface area contributed by atoms with Crippen LogP contribution in [0, 0.1) is 0 Å². The van der Waals surface area contributed by atoms with E-state index in [1.165, 1.54) is 15.9 Å². The lowest BCUT2D eigenvalue weighted by atomic mass is 9.91. The highest BCUT2D eigenvalue weighted by Crippen LogP contribution is 2.41. The van der Waals surface area contributed by atoms with E-state index in [-0.39, 0.29) is 55.5 Å². The van der Waals surface area contributed by atoms with Gasteiger partial charge in [-0.05, 0) is 56.0 Å². The largest absolute Gasteiger partial charge is 0.422 e. The number of rotatable bonds is 6. The molecule has 0 atom stereocenters. The van der Waals surface area contributed by atoms with Crippen molar-refractivity contribution in [1.29, 1.82) is 0 Å². The monoisotopic (exact) mass is 583 g/mol. The average molecular weight is 584 g/mol. The number of carbonyl (C=O) groups is 4. The van der Waals surface area contributed by atoms with Crippen molar-refractivity contribution in [2.75, 3.05) is 53.2 Å². The molecule has 0 radical (unpaired) electrons. The Labute approximate surface area is 243 Å². The Kier molecular flexibility index (Phi) is 8.48. The van der Waals surface area contributed by atoms with Crippen LogP contribution in [-0.4, -0.2) is 78.6 Å². The molecule has 1 saturated carbocycles. The first-order valence-corrected chi connectivity index (χ1v) is 14.3. The van der Waals surface area contributed by atoms with E-state index in [0.717, 1.165) is 25.7 Å². The number of nitrogen functional groups attached to an aromatic ring is 1. The summed E-state index contributed by atoms with van der Waals surface area (Å²) in [6.45, 7) is 3.07. The minimum atomic E-state index is -0.822. The topological polar surface area (TPSA) is 137 Å². The Bertz CT molecular complexity index is 1360. The lowest BCUT2D eigenvalue weighted by molar-refractivity contribution is -0.137. The summed E-state index contributed by atoms with van der Waals surface area (Å²) in [5.41, 5.74) is 7.32. The van der Waals surface area contributed by atoms with Gasteiger partial charge in [0.2, 0.25) is 5.91 Å². The molecule has 3 N–H and O–H groups in total. The number of ether oxygens (including phenoxy) is 1. The van der Waals surface area contributed by atoms with Crippen LogP contribution in [0.15, 0.2) is 36.4 Å². The Balaban J connectivity index is 1.41. The molecule has 3 amide bonds. The number of amides is 3. The summed E-state index contributed by atoms with van der Waals surface area (Å²) >= 11 is 6.11. The fourth-order valence-electron chi connectivity index (χ4n) is 5.75. The van der Waals surface area contributed by atoms with E-state index in [4.69, 9.17) is 22.1 Å². The number of hydrogen-bond acceptors (Lipinski definition) is 8. The first-order chi connectivity index (χ1) is 19.7. The fraction of sp³-hybridized carbons (Fsp3) is 0.448. The summed E-state index contributed by atoms with van der Waals surface area (Å²) in [6, 6.07) is 9.90. The van der Waals surface area contributed by atoms with Crippen LogP contribution in [-0.2, 0) is 19.2 Å². The van der Waals surface area contributed by atoms with E-state index in [0.29, 0.717) is 35.2 Å². The first-order valence-electron chi connectivity index (χ1n) is 13.9. The minimum Gasteiger partial charge on any atom is -0.422 e. The number of anilines is 4. The average Bonchev–Trinajstić information content (AvgIpc) is 2.96. The normalized spacial score (nSPS) is 22.3. The zero-order valence-corrected chi connectivity index (χ0v) is 23.7. The van der Waals surface area contributed by atoms with Gasteiger partial charge in [-0.1, -0.05) is 24.6 Å². The van der Waals surface area contributed by atoms with E-state index in [2.05, 4.69) is 4.90 Å². The van der Waals surface area contributed by atoms with Crippen LogP contribution in [0.4, 0.5) is 22.7 Å². The van der Waals surface area contributed by atoms with E-state index >= 15 is 0 Å². The van der Waals surface area contributed by atoms with Gasteiger partial charge in [-0.2, -0.15) is 0 Å². The number of hydrogen-bond donors (Lipinski definition) is 2. The van der Waals surface area contributed by atoms with Gasteiger partial charge in [0.05, 0.1) is 35.4 Å². The quantitative estimate of drug-likeness (QED) is 0.229. The van der Waals surface area contributed by atoms with Gasteiger partial charge in [-0.15, -0.1) is 0 Å². The summed E-state index contributed by atoms with van der Waals surface area (Å²) < 4.78 is 5.74. The van der Waals surface area contributed by atoms with Crippen molar-refractivity contribution in [2.24, 2.45) is 0 Å². The van der Waals surface area contributed by atoms with Crippen molar-refractivity contribution < 1.29 is 29.0 Å². The molecular weight excluding hydrogens is 550 g/mol. The van der Waals surface area contributed by atoms with Crippen LogP contribution in [0.2, 0.25) is 5.02 Å². The first kappa shape index (κ1) is 28.8. The number of nitrogens with zero attached hydrogens (tertiary/aromatic N) is 4. The van der Waals surface area contributed by atoms with E-state index in [1.54, 1.807) is 42.2 Å². The zero-order chi connectivity index (χ0) is 29.3. The highest BCUT2D eigenvalue weighted by molar-refractivity contribution is 6.46. The van der Waals surface area contributed by atoms with Gasteiger partial charge in [0.1, 0.15) is 0 Å². The lowest BCUT2D eigenvalue weighted by Crippen LogP contribution is -2.55. The molecule has 2 aromatic carbocycles. The van der Waals surface area contributed by atoms with Gasteiger partial charge >= 0.3 is 17.8 Å². The summed E-state index contributed by atoms with van der Waals surface area (Å²) in [7, 11) is 0. The molecule has 0 bridgehead atoms. The van der Waals surface area contributed by atoms with Crippen LogP contribution < -0.4 is 25.2 Å². The Morgan fingerprint density at radius 3 is 2.17 bits per heavy atom. The maximum atomic E-state index is 13.4. The second-order valence-corrected chi connectivity index (χ2v) is 11.0. The molecule has 3 fully saturated rings. The standard InChI is InChI=1S/C29H34ClN5O6/c1-2-26(38)41-27-22(33-13-12-32(17-25(33)37)19-7-9-20(36)10-8-19)4-3-5-23(27)34-14-15-35(29(40)28(34)39)24-16-18(30)6-11-21(24)31/h3-6,11,16,19-20,36H,2,7-10,12-15,17,31H2,1H3. The molecule has 41 heavy (non-hydrogen) atoms. The van der Waals surface area contributed by atoms with Crippen molar-refractivity contribution in [3.8, 4) is 5.75 Å². The van der Waals surface area contributed by atoms with Crippen LogP contribution >= 0.6 is 11.6 Å². The van der Waals surface area contributed by atoms with Crippen molar-refractivity contribution in [3.05, 3.63) is 41.4 Å². The van der Waals surface area contributed by atoms with Crippen molar-refractivity contribution in [2.45, 2.75) is 51.2 Å². The third-order valence-corrected chi connectivity index (χ3v) is 8.23. The summed E-state index contributed by atoms with van der Waals surface area (Å²) in [6.07, 6.45) is 2.93. The predicted octanol–water partition coefficient (Wildman–Crippen LogP) is 2.57. The number of esters is 1. The summed E-state index contributed by atoms with van der Waals surface area (Å²) in [5.74, 6) is -2.24. The molecule has 12 heteroatoms. The molecule has 2 aliphatic heterocycles. The van der Waals surface area contributed by atoms with Crippen LogP contribution in [0.1, 0.15) is 39.0 Å². The Morgan fingerprint density at radius 2 is 1.54 bits per heavy atom. The Morgan fingerprint density at radius 1 is 0.927 bits per heavy atom. The van der Waals surface area contributed by atoms with Crippen LogP contribution in [0.25, 0.3) is 0 Å². The number of nitrogens with two attached hydrogens (primary N) is 1. The molecule has 218 valence electrons. The van der Waals surface area contributed by atoms with E-state index in [1.807, 2.05) is 0 Å².